The van der Waals surface area contributed by atoms with Gasteiger partial charge in [0.25, 0.3) is 0 Å². The van der Waals surface area contributed by atoms with Gasteiger partial charge in [0.1, 0.15) is 17.2 Å². The standard InChI is InChI=1S/C24H36NO5P/c1-2-3-4-5-19-31(27,28)20-30-24-11-7-21(8-12-24)15-17-25-16-6-18-29-23-13-9-22(26)10-14-23/h7-14,25-26H,2-6,15-20H2,1H3,(H,27,28). The second-order valence-corrected chi connectivity index (χ2v) is 10.1. The number of unbranched alkanes of at least 4 members (excludes halogenated alkanes) is 3. The van der Waals surface area contributed by atoms with Gasteiger partial charge in [-0.2, -0.15) is 0 Å². The minimum Gasteiger partial charge on any atom is -0.508 e. The molecule has 2 rings (SSSR count). The van der Waals surface area contributed by atoms with Gasteiger partial charge in [-0.3, -0.25) is 4.57 Å². The van der Waals surface area contributed by atoms with E-state index in [0.29, 0.717) is 18.5 Å². The largest absolute Gasteiger partial charge is 0.508 e. The predicted octanol–water partition coefficient (Wildman–Crippen LogP) is 5.18. The van der Waals surface area contributed by atoms with Gasteiger partial charge in [0, 0.05) is 6.16 Å². The summed E-state index contributed by atoms with van der Waals surface area (Å²) in [6.07, 6.45) is 5.99. The molecule has 0 aliphatic carbocycles. The first-order chi connectivity index (χ1) is 15.0. The zero-order chi connectivity index (χ0) is 22.4. The fourth-order valence-corrected chi connectivity index (χ4v) is 4.26. The molecule has 0 aromatic heterocycles. The molecule has 6 nitrogen and oxygen atoms in total. The minimum absolute atomic E-state index is 0.119. The molecule has 0 heterocycles. The summed E-state index contributed by atoms with van der Waals surface area (Å²) in [5.41, 5.74) is 1.19. The first kappa shape index (κ1) is 25.3. The average Bonchev–Trinajstić information content (AvgIpc) is 2.77. The molecular formula is C24H36NO5P. The van der Waals surface area contributed by atoms with Crippen LogP contribution in [0.3, 0.4) is 0 Å². The van der Waals surface area contributed by atoms with E-state index in [2.05, 4.69) is 12.2 Å². The Morgan fingerprint density at radius 3 is 2.26 bits per heavy atom. The number of benzene rings is 2. The number of phenols is 1. The Morgan fingerprint density at radius 2 is 1.55 bits per heavy atom. The lowest BCUT2D eigenvalue weighted by molar-refractivity contribution is 0.308. The lowest BCUT2D eigenvalue weighted by Crippen LogP contribution is -2.20. The maximum atomic E-state index is 12.2. The summed E-state index contributed by atoms with van der Waals surface area (Å²) < 4.78 is 23.3. The molecule has 0 aliphatic heterocycles. The summed E-state index contributed by atoms with van der Waals surface area (Å²) in [5.74, 6) is 1.62. The molecule has 0 spiro atoms. The van der Waals surface area contributed by atoms with Gasteiger partial charge < -0.3 is 24.8 Å². The molecule has 2 aromatic rings. The van der Waals surface area contributed by atoms with Crippen molar-refractivity contribution >= 4 is 7.37 Å². The second-order valence-electron chi connectivity index (χ2n) is 7.74. The molecule has 2 aromatic carbocycles. The van der Waals surface area contributed by atoms with Crippen molar-refractivity contribution in [3.63, 3.8) is 0 Å². The smallest absolute Gasteiger partial charge is 0.236 e. The molecule has 3 N–H and O–H groups in total. The van der Waals surface area contributed by atoms with Crippen LogP contribution in [0.2, 0.25) is 0 Å². The SMILES string of the molecule is CCCCCCP(=O)(O)COc1ccc(CCNCCCOc2ccc(O)cc2)cc1. The van der Waals surface area contributed by atoms with E-state index in [9.17, 15) is 14.6 Å². The number of hydrogen-bond donors (Lipinski definition) is 3. The summed E-state index contributed by atoms with van der Waals surface area (Å²) >= 11 is 0. The van der Waals surface area contributed by atoms with Crippen LogP contribution in [0.1, 0.15) is 44.6 Å². The van der Waals surface area contributed by atoms with E-state index in [4.69, 9.17) is 9.47 Å². The van der Waals surface area contributed by atoms with E-state index in [1.807, 2.05) is 24.3 Å². The third kappa shape index (κ3) is 11.3. The van der Waals surface area contributed by atoms with Crippen molar-refractivity contribution in [2.75, 3.05) is 32.2 Å². The van der Waals surface area contributed by atoms with Gasteiger partial charge in [-0.25, -0.2) is 0 Å². The highest BCUT2D eigenvalue weighted by Crippen LogP contribution is 2.41. The van der Waals surface area contributed by atoms with Crippen LogP contribution >= 0.6 is 7.37 Å². The lowest BCUT2D eigenvalue weighted by atomic mass is 10.1. The van der Waals surface area contributed by atoms with Gasteiger partial charge in [0.2, 0.25) is 7.37 Å². The quantitative estimate of drug-likeness (QED) is 0.242. The van der Waals surface area contributed by atoms with E-state index in [0.717, 1.165) is 57.4 Å². The summed E-state index contributed by atoms with van der Waals surface area (Å²) in [6.45, 7) is 4.47. The van der Waals surface area contributed by atoms with Crippen molar-refractivity contribution in [2.24, 2.45) is 0 Å². The van der Waals surface area contributed by atoms with Crippen LogP contribution in [-0.2, 0) is 11.0 Å². The highest BCUT2D eigenvalue weighted by molar-refractivity contribution is 7.57. The Morgan fingerprint density at radius 1 is 0.871 bits per heavy atom. The van der Waals surface area contributed by atoms with Crippen LogP contribution in [0, 0.1) is 0 Å². The molecule has 1 atom stereocenters. The summed E-state index contributed by atoms with van der Waals surface area (Å²) in [5, 5.41) is 12.6. The maximum Gasteiger partial charge on any atom is 0.236 e. The number of aromatic hydroxyl groups is 1. The summed E-state index contributed by atoms with van der Waals surface area (Å²) in [6, 6.07) is 14.4. The van der Waals surface area contributed by atoms with E-state index < -0.39 is 7.37 Å². The minimum atomic E-state index is -3.22. The highest BCUT2D eigenvalue weighted by atomic mass is 31.2. The first-order valence-corrected chi connectivity index (χ1v) is 13.2. The van der Waals surface area contributed by atoms with E-state index in [1.165, 1.54) is 5.56 Å². The second kappa shape index (κ2) is 14.1. The monoisotopic (exact) mass is 449 g/mol. The normalized spacial score (nSPS) is 13.0. The number of hydrogen-bond acceptors (Lipinski definition) is 5. The van der Waals surface area contributed by atoms with E-state index in [-0.39, 0.29) is 12.1 Å². The number of nitrogens with one attached hydrogen (secondary N) is 1. The Kier molecular flexibility index (Phi) is 11.5. The van der Waals surface area contributed by atoms with Crippen molar-refractivity contribution in [1.82, 2.24) is 5.32 Å². The third-order valence-electron chi connectivity index (χ3n) is 4.91. The van der Waals surface area contributed by atoms with Crippen LogP contribution in [0.25, 0.3) is 0 Å². The number of phenolic OH excluding ortho intramolecular Hbond substituents is 1. The number of rotatable bonds is 16. The van der Waals surface area contributed by atoms with Crippen LogP contribution in [0.5, 0.6) is 17.2 Å². The Hall–Kier alpha value is -2.01. The van der Waals surface area contributed by atoms with Crippen molar-refractivity contribution < 1.29 is 24.0 Å². The van der Waals surface area contributed by atoms with E-state index in [1.54, 1.807) is 24.3 Å². The Bertz CT molecular complexity index is 780. The fraction of sp³-hybridized carbons (Fsp3) is 0.500. The molecule has 0 bridgehead atoms. The number of ether oxygens (including phenoxy) is 2. The van der Waals surface area contributed by atoms with Crippen LogP contribution in [-0.4, -0.2) is 42.2 Å². The van der Waals surface area contributed by atoms with Crippen LogP contribution in [0.15, 0.2) is 48.5 Å². The molecule has 0 radical (unpaired) electrons. The zero-order valence-electron chi connectivity index (χ0n) is 18.5. The van der Waals surface area contributed by atoms with Gasteiger partial charge in [-0.1, -0.05) is 38.3 Å². The molecule has 0 saturated carbocycles. The van der Waals surface area contributed by atoms with Crippen molar-refractivity contribution in [2.45, 2.75) is 45.4 Å². The summed E-state index contributed by atoms with van der Waals surface area (Å²) in [7, 11) is -3.22. The maximum absolute atomic E-state index is 12.2. The molecule has 0 saturated heterocycles. The lowest BCUT2D eigenvalue weighted by Gasteiger charge is -2.13. The molecular weight excluding hydrogens is 413 g/mol. The highest BCUT2D eigenvalue weighted by Gasteiger charge is 2.18. The van der Waals surface area contributed by atoms with Gasteiger partial charge in [0.05, 0.1) is 6.61 Å². The van der Waals surface area contributed by atoms with Crippen molar-refractivity contribution in [3.05, 3.63) is 54.1 Å². The van der Waals surface area contributed by atoms with Gasteiger partial charge in [0.15, 0.2) is 6.35 Å². The van der Waals surface area contributed by atoms with Crippen molar-refractivity contribution in [1.29, 1.82) is 0 Å². The third-order valence-corrected chi connectivity index (χ3v) is 6.46. The van der Waals surface area contributed by atoms with Gasteiger partial charge in [-0.05, 0) is 74.3 Å². The first-order valence-electron chi connectivity index (χ1n) is 11.1. The Labute approximate surface area is 186 Å². The molecule has 1 unspecified atom stereocenters. The van der Waals surface area contributed by atoms with E-state index >= 15 is 0 Å². The molecule has 7 heteroatoms. The molecule has 0 aliphatic rings. The topological polar surface area (TPSA) is 88.0 Å². The van der Waals surface area contributed by atoms with Crippen LogP contribution in [0.4, 0.5) is 0 Å². The van der Waals surface area contributed by atoms with Gasteiger partial charge in [-0.15, -0.1) is 0 Å². The molecule has 172 valence electrons. The predicted molar refractivity (Wildman–Crippen MR) is 126 cm³/mol. The summed E-state index contributed by atoms with van der Waals surface area (Å²) in [4.78, 5) is 10.0. The zero-order valence-corrected chi connectivity index (χ0v) is 19.4. The fourth-order valence-electron chi connectivity index (χ4n) is 3.07. The van der Waals surface area contributed by atoms with Crippen molar-refractivity contribution in [3.8, 4) is 17.2 Å². The van der Waals surface area contributed by atoms with Crippen LogP contribution < -0.4 is 14.8 Å². The molecule has 31 heavy (non-hydrogen) atoms. The molecule has 0 fully saturated rings. The average molecular weight is 450 g/mol. The Balaban J connectivity index is 1.55. The molecule has 0 amide bonds. The van der Waals surface area contributed by atoms with Gasteiger partial charge >= 0.3 is 0 Å².